The van der Waals surface area contributed by atoms with Crippen LogP contribution in [-0.2, 0) is 0 Å². The minimum absolute atomic E-state index is 0.903. The predicted octanol–water partition coefficient (Wildman–Crippen LogP) is 10.8. The molecule has 200 valence electrons. The van der Waals surface area contributed by atoms with Gasteiger partial charge >= 0.3 is 0 Å². The van der Waals surface area contributed by atoms with Crippen LogP contribution in [0.3, 0.4) is 0 Å². The number of aromatic nitrogens is 2. The summed E-state index contributed by atoms with van der Waals surface area (Å²) < 4.78 is 6.44. The van der Waals surface area contributed by atoms with Crippen LogP contribution in [-0.4, -0.2) is 9.97 Å². The largest absolute Gasteiger partial charge is 0.455 e. The summed E-state index contributed by atoms with van der Waals surface area (Å²) in [5, 5.41) is 9.43. The van der Waals surface area contributed by atoms with E-state index in [1.807, 2.05) is 24.5 Å². The molecule has 0 aliphatic carbocycles. The molecule has 0 saturated carbocycles. The molecule has 0 unspecified atom stereocenters. The molecule has 0 radical (unpaired) electrons. The van der Waals surface area contributed by atoms with Gasteiger partial charge in [0.15, 0.2) is 0 Å². The molecule has 3 heterocycles. The van der Waals surface area contributed by atoms with Gasteiger partial charge in [-0.15, -0.1) is 0 Å². The molecule has 0 bridgehead atoms. The van der Waals surface area contributed by atoms with Gasteiger partial charge in [-0.3, -0.25) is 9.97 Å². The van der Waals surface area contributed by atoms with Gasteiger partial charge in [0.2, 0.25) is 0 Å². The summed E-state index contributed by atoms with van der Waals surface area (Å²) in [4.78, 5) is 9.11. The van der Waals surface area contributed by atoms with E-state index in [1.54, 1.807) is 6.20 Å². The molecule has 3 nitrogen and oxygen atoms in total. The number of nitrogens with zero attached hydrogens (tertiary/aromatic N) is 2. The first kappa shape index (κ1) is 23.9. The first-order valence-corrected chi connectivity index (χ1v) is 14.5. The number of pyridine rings is 2. The fourth-order valence-electron chi connectivity index (χ4n) is 6.64. The molecule has 0 atom stereocenters. The summed E-state index contributed by atoms with van der Waals surface area (Å²) in [6, 6.07) is 45.1. The molecule has 0 spiro atoms. The molecule has 0 aliphatic heterocycles. The van der Waals surface area contributed by atoms with E-state index in [1.165, 1.54) is 43.6 Å². The average molecular weight is 549 g/mol. The summed E-state index contributed by atoms with van der Waals surface area (Å²) in [6.45, 7) is 0. The van der Waals surface area contributed by atoms with Gasteiger partial charge in [-0.1, -0.05) is 91.0 Å². The molecule has 0 saturated heterocycles. The fraction of sp³-hybridized carbons (Fsp3) is 0. The number of hydrogen-bond acceptors (Lipinski definition) is 3. The second-order valence-electron chi connectivity index (χ2n) is 11.0. The Balaban J connectivity index is 1.29. The zero-order chi connectivity index (χ0) is 28.3. The average Bonchev–Trinajstić information content (AvgIpc) is 3.46. The zero-order valence-corrected chi connectivity index (χ0v) is 23.2. The number of rotatable bonds is 3. The van der Waals surface area contributed by atoms with Gasteiger partial charge in [-0.05, 0) is 80.0 Å². The topological polar surface area (TPSA) is 38.9 Å². The van der Waals surface area contributed by atoms with E-state index in [4.69, 9.17) is 9.40 Å². The first-order valence-electron chi connectivity index (χ1n) is 14.5. The quantitative estimate of drug-likeness (QED) is 0.206. The fourth-order valence-corrected chi connectivity index (χ4v) is 6.64. The second kappa shape index (κ2) is 9.37. The molecule has 0 fully saturated rings. The van der Waals surface area contributed by atoms with Gasteiger partial charge in [0.25, 0.3) is 0 Å². The van der Waals surface area contributed by atoms with Crippen LogP contribution in [0, 0.1) is 0 Å². The SMILES string of the molecule is c1cncc(-c2ccc(-c3c4ccccc4c(-c4ccc5oc6c7ccccc7ccc6c5c4)c4ccccc34)cn2)c1. The van der Waals surface area contributed by atoms with Gasteiger partial charge in [-0.2, -0.15) is 0 Å². The Morgan fingerprint density at radius 1 is 0.442 bits per heavy atom. The van der Waals surface area contributed by atoms with Crippen LogP contribution < -0.4 is 0 Å². The molecule has 3 aromatic heterocycles. The highest BCUT2D eigenvalue weighted by Gasteiger charge is 2.18. The molecule has 9 aromatic rings. The van der Waals surface area contributed by atoms with Crippen molar-refractivity contribution in [3.05, 3.63) is 146 Å². The van der Waals surface area contributed by atoms with Gasteiger partial charge in [0, 0.05) is 45.9 Å². The Kier molecular flexibility index (Phi) is 5.20. The van der Waals surface area contributed by atoms with E-state index in [0.717, 1.165) is 44.1 Å². The maximum Gasteiger partial charge on any atom is 0.143 e. The van der Waals surface area contributed by atoms with Crippen molar-refractivity contribution in [3.8, 4) is 33.5 Å². The highest BCUT2D eigenvalue weighted by Crippen LogP contribution is 2.45. The van der Waals surface area contributed by atoms with E-state index in [-0.39, 0.29) is 0 Å². The van der Waals surface area contributed by atoms with Crippen LogP contribution in [0.2, 0.25) is 0 Å². The Bertz CT molecular complexity index is 2440. The summed E-state index contributed by atoms with van der Waals surface area (Å²) in [5.41, 5.74) is 8.46. The monoisotopic (exact) mass is 548 g/mol. The third-order valence-corrected chi connectivity index (χ3v) is 8.59. The molecular weight excluding hydrogens is 524 g/mol. The van der Waals surface area contributed by atoms with Crippen LogP contribution in [0.1, 0.15) is 0 Å². The third kappa shape index (κ3) is 3.68. The normalized spacial score (nSPS) is 11.7. The third-order valence-electron chi connectivity index (χ3n) is 8.59. The molecule has 9 rings (SSSR count). The lowest BCUT2D eigenvalue weighted by Crippen LogP contribution is -1.92. The number of fused-ring (bicyclic) bond motifs is 7. The predicted molar refractivity (Wildman–Crippen MR) is 178 cm³/mol. The molecule has 0 N–H and O–H groups in total. The van der Waals surface area contributed by atoms with Crippen molar-refractivity contribution in [2.75, 3.05) is 0 Å². The van der Waals surface area contributed by atoms with Crippen molar-refractivity contribution < 1.29 is 4.42 Å². The van der Waals surface area contributed by atoms with Crippen molar-refractivity contribution in [2.45, 2.75) is 0 Å². The van der Waals surface area contributed by atoms with Crippen molar-refractivity contribution >= 4 is 54.3 Å². The first-order chi connectivity index (χ1) is 21.3. The van der Waals surface area contributed by atoms with E-state index in [9.17, 15) is 0 Å². The maximum atomic E-state index is 6.44. The van der Waals surface area contributed by atoms with Crippen molar-refractivity contribution in [1.82, 2.24) is 9.97 Å². The summed E-state index contributed by atoms with van der Waals surface area (Å²) in [6.07, 6.45) is 5.63. The molecule has 43 heavy (non-hydrogen) atoms. The Labute approximate surface area is 247 Å². The lowest BCUT2D eigenvalue weighted by Gasteiger charge is -2.17. The van der Waals surface area contributed by atoms with Crippen LogP contribution in [0.25, 0.3) is 87.8 Å². The van der Waals surface area contributed by atoms with E-state index in [0.29, 0.717) is 0 Å². The van der Waals surface area contributed by atoms with Crippen LogP contribution in [0.5, 0.6) is 0 Å². The molecular formula is C40H24N2O. The second-order valence-corrected chi connectivity index (χ2v) is 11.0. The van der Waals surface area contributed by atoms with Crippen LogP contribution >= 0.6 is 0 Å². The lowest BCUT2D eigenvalue weighted by molar-refractivity contribution is 0.672. The lowest BCUT2D eigenvalue weighted by atomic mass is 9.86. The summed E-state index contributed by atoms with van der Waals surface area (Å²) >= 11 is 0. The maximum absolute atomic E-state index is 6.44. The smallest absolute Gasteiger partial charge is 0.143 e. The van der Waals surface area contributed by atoms with Crippen molar-refractivity contribution in [1.29, 1.82) is 0 Å². The molecule has 0 amide bonds. The molecule has 0 aliphatic rings. The Morgan fingerprint density at radius 3 is 1.79 bits per heavy atom. The van der Waals surface area contributed by atoms with Crippen molar-refractivity contribution in [3.63, 3.8) is 0 Å². The van der Waals surface area contributed by atoms with Crippen molar-refractivity contribution in [2.24, 2.45) is 0 Å². The highest BCUT2D eigenvalue weighted by molar-refractivity contribution is 6.22. The molecule has 6 aromatic carbocycles. The van der Waals surface area contributed by atoms with Gasteiger partial charge in [0.1, 0.15) is 11.2 Å². The van der Waals surface area contributed by atoms with Crippen LogP contribution in [0.15, 0.2) is 150 Å². The summed E-state index contributed by atoms with van der Waals surface area (Å²) in [5.74, 6) is 0. The Hall–Kier alpha value is -5.80. The minimum atomic E-state index is 0.903. The van der Waals surface area contributed by atoms with E-state index < -0.39 is 0 Å². The summed E-state index contributed by atoms with van der Waals surface area (Å²) in [7, 11) is 0. The van der Waals surface area contributed by atoms with Gasteiger partial charge in [0.05, 0.1) is 5.69 Å². The Morgan fingerprint density at radius 2 is 1.12 bits per heavy atom. The van der Waals surface area contributed by atoms with Gasteiger partial charge < -0.3 is 4.42 Å². The highest BCUT2D eigenvalue weighted by atomic mass is 16.3. The zero-order valence-electron chi connectivity index (χ0n) is 23.2. The standard InChI is InChI=1S/C40H24N2O/c1-2-10-29-25(8-1)15-18-34-35-22-26(17-20-37(35)43-40(29)34)38-30-11-3-5-13-32(30)39(33-14-6-4-12-31(33)38)28-16-19-36(42-24-28)27-9-7-21-41-23-27/h1-24H. The number of hydrogen-bond donors (Lipinski definition) is 0. The van der Waals surface area contributed by atoms with E-state index >= 15 is 0 Å². The number of furan rings is 1. The minimum Gasteiger partial charge on any atom is -0.455 e. The molecule has 3 heteroatoms. The van der Waals surface area contributed by atoms with Crippen LogP contribution in [0.4, 0.5) is 0 Å². The van der Waals surface area contributed by atoms with Gasteiger partial charge in [-0.25, -0.2) is 0 Å². The van der Waals surface area contributed by atoms with E-state index in [2.05, 4.69) is 120 Å². The number of benzene rings is 6.